The summed E-state index contributed by atoms with van der Waals surface area (Å²) in [6, 6.07) is -1.96. The van der Waals surface area contributed by atoms with Gasteiger partial charge < -0.3 is 40.3 Å². The number of aliphatic hydroxyl groups is 1. The molecule has 0 aliphatic carbocycles. The number of likely N-dealkylation sites (tertiary alicyclic amines) is 1. The van der Waals surface area contributed by atoms with Gasteiger partial charge in [0.05, 0.1) is 49.3 Å². The van der Waals surface area contributed by atoms with E-state index < -0.39 is 48.8 Å². The molecule has 49 heavy (non-hydrogen) atoms. The Labute approximate surface area is 295 Å². The van der Waals surface area contributed by atoms with Crippen molar-refractivity contribution >= 4 is 23.6 Å². The molecule has 2 heterocycles. The van der Waals surface area contributed by atoms with Crippen LogP contribution in [0.25, 0.3) is 0 Å². The highest BCUT2D eigenvalue weighted by molar-refractivity contribution is 5.90. The second-order valence-corrected chi connectivity index (χ2v) is 14.7. The molecule has 0 spiro atoms. The predicted octanol–water partition coefficient (Wildman–Crippen LogP) is 1.62. The van der Waals surface area contributed by atoms with Crippen molar-refractivity contribution in [2.75, 3.05) is 61.6 Å². The summed E-state index contributed by atoms with van der Waals surface area (Å²) in [5.74, 6) is -1.51. The van der Waals surface area contributed by atoms with Crippen LogP contribution in [-0.2, 0) is 28.7 Å². The van der Waals surface area contributed by atoms with Gasteiger partial charge in [0.15, 0.2) is 0 Å². The Morgan fingerprint density at radius 2 is 1.67 bits per heavy atom. The van der Waals surface area contributed by atoms with Gasteiger partial charge in [-0.05, 0) is 64.6 Å². The van der Waals surface area contributed by atoms with Gasteiger partial charge in [-0.15, -0.1) is 0 Å². The Morgan fingerprint density at radius 1 is 0.980 bits per heavy atom. The Morgan fingerprint density at radius 3 is 2.20 bits per heavy atom. The van der Waals surface area contributed by atoms with Crippen LogP contribution in [-0.4, -0.2) is 147 Å². The summed E-state index contributed by atoms with van der Waals surface area (Å²) in [5, 5.41) is 19.6. The predicted molar refractivity (Wildman–Crippen MR) is 191 cm³/mol. The normalized spacial score (nSPS) is 22.6. The zero-order valence-electron chi connectivity index (χ0n) is 32.0. The van der Waals surface area contributed by atoms with Crippen LogP contribution in [0.3, 0.4) is 0 Å². The average molecular weight is 697 g/mol. The molecule has 2 fully saturated rings. The van der Waals surface area contributed by atoms with Crippen molar-refractivity contribution in [2.24, 2.45) is 17.8 Å². The number of amides is 4. The molecule has 0 radical (unpaired) electrons. The lowest BCUT2D eigenvalue weighted by atomic mass is 9.90. The van der Waals surface area contributed by atoms with Crippen molar-refractivity contribution < 1.29 is 33.8 Å². The van der Waals surface area contributed by atoms with Crippen LogP contribution < -0.4 is 16.0 Å². The van der Waals surface area contributed by atoms with Crippen LogP contribution in [0.4, 0.5) is 0 Å². The maximum atomic E-state index is 14.0. The van der Waals surface area contributed by atoms with Gasteiger partial charge in [-0.1, -0.05) is 47.5 Å². The van der Waals surface area contributed by atoms with E-state index in [1.54, 1.807) is 33.2 Å². The third-order valence-corrected chi connectivity index (χ3v) is 10.7. The van der Waals surface area contributed by atoms with Crippen molar-refractivity contribution in [3.8, 4) is 0 Å². The fourth-order valence-electron chi connectivity index (χ4n) is 7.83. The molecule has 1 unspecified atom stereocenters. The van der Waals surface area contributed by atoms with Gasteiger partial charge in [-0.25, -0.2) is 0 Å². The van der Waals surface area contributed by atoms with Gasteiger partial charge in [-0.2, -0.15) is 0 Å². The van der Waals surface area contributed by atoms with Gasteiger partial charge in [0, 0.05) is 40.4 Å². The van der Waals surface area contributed by atoms with Crippen LogP contribution in [0.1, 0.15) is 86.0 Å². The molecule has 2 saturated heterocycles. The van der Waals surface area contributed by atoms with Crippen molar-refractivity contribution in [1.82, 2.24) is 30.7 Å². The molecule has 2 aliphatic rings. The molecule has 0 saturated carbocycles. The number of likely N-dealkylation sites (N-methyl/N-ethyl adjacent to an activating group) is 2. The van der Waals surface area contributed by atoms with Gasteiger partial charge in [0.1, 0.15) is 6.04 Å². The summed E-state index contributed by atoms with van der Waals surface area (Å²) >= 11 is 0. The molecule has 284 valence electrons. The van der Waals surface area contributed by atoms with Crippen LogP contribution >= 0.6 is 0 Å². The number of nitrogens with zero attached hydrogens (tertiary/aromatic N) is 3. The molecule has 0 bridgehead atoms. The summed E-state index contributed by atoms with van der Waals surface area (Å²) in [7, 11) is 8.38. The van der Waals surface area contributed by atoms with Crippen LogP contribution in [0.15, 0.2) is 0 Å². The lowest BCUT2D eigenvalue weighted by Gasteiger charge is -2.40. The topological polar surface area (TPSA) is 153 Å². The zero-order valence-corrected chi connectivity index (χ0v) is 32.0. The molecular formula is C36H68N6O7. The number of aliphatic hydroxyl groups excluding tert-OH is 1. The number of nitrogens with one attached hydrogen (secondary N) is 3. The highest BCUT2D eigenvalue weighted by Crippen LogP contribution is 2.29. The second kappa shape index (κ2) is 21.1. The Balaban J connectivity index is 2.15. The Bertz CT molecular complexity index is 1030. The minimum atomic E-state index is -1.14. The second-order valence-electron chi connectivity index (χ2n) is 14.7. The third-order valence-electron chi connectivity index (χ3n) is 10.7. The molecule has 13 nitrogen and oxygen atoms in total. The fourth-order valence-corrected chi connectivity index (χ4v) is 7.83. The minimum Gasteiger partial charge on any atom is -0.394 e. The van der Waals surface area contributed by atoms with Gasteiger partial charge in [0.25, 0.3) is 0 Å². The summed E-state index contributed by atoms with van der Waals surface area (Å²) in [6.07, 6.45) is 5.57. The van der Waals surface area contributed by atoms with E-state index in [0.717, 1.165) is 32.2 Å². The molecule has 13 heteroatoms. The maximum Gasteiger partial charge on any atom is 0.247 e. The largest absolute Gasteiger partial charge is 0.394 e. The first kappa shape index (κ1) is 42.8. The first-order valence-corrected chi connectivity index (χ1v) is 18.4. The fraction of sp³-hybridized carbons (Fsp3) is 0.889. The molecule has 0 aromatic rings. The summed E-state index contributed by atoms with van der Waals surface area (Å²) in [4.78, 5) is 59.3. The van der Waals surface area contributed by atoms with E-state index in [1.807, 2.05) is 39.5 Å². The van der Waals surface area contributed by atoms with E-state index in [2.05, 4.69) is 16.0 Å². The van der Waals surface area contributed by atoms with Gasteiger partial charge in [-0.3, -0.25) is 24.1 Å². The monoisotopic (exact) mass is 697 g/mol. The molecule has 2 aliphatic heterocycles. The number of ether oxygens (including phenoxy) is 2. The zero-order chi connectivity index (χ0) is 36.8. The molecule has 0 aromatic carbocycles. The number of rotatable bonds is 20. The smallest absolute Gasteiger partial charge is 0.247 e. The standard InChI is InChI=1S/C36H68N6O7/c1-11-24(4)32(41(8)36(47)27(22-43)39-35(46)31(23(2)3)40(6)7)29(48-9)21-30(44)42-20-14-16-28(42)33(49-10)25(5)34(45)38-19-17-26-15-12-13-18-37-26/h23-29,31-33,37,43H,11-22H2,1-10H3,(H,38,45)(H,39,46)/t24-,25+,26?,27-,28-,29+,31-,32-,33+/m0/s1. The quantitative estimate of drug-likeness (QED) is 0.149. The number of carbonyl (C=O) groups is 4. The van der Waals surface area contributed by atoms with Gasteiger partial charge in [0.2, 0.25) is 23.6 Å². The minimum absolute atomic E-state index is 0.00722. The summed E-state index contributed by atoms with van der Waals surface area (Å²) < 4.78 is 11.8. The van der Waals surface area contributed by atoms with Crippen molar-refractivity contribution in [3.63, 3.8) is 0 Å². The van der Waals surface area contributed by atoms with Crippen molar-refractivity contribution in [2.45, 2.75) is 128 Å². The average Bonchev–Trinajstić information content (AvgIpc) is 3.56. The van der Waals surface area contributed by atoms with Crippen LogP contribution in [0.2, 0.25) is 0 Å². The Hall–Kier alpha value is -2.32. The maximum absolute atomic E-state index is 14.0. The van der Waals surface area contributed by atoms with Crippen LogP contribution in [0.5, 0.6) is 0 Å². The summed E-state index contributed by atoms with van der Waals surface area (Å²) in [6.45, 7) is 11.3. The molecule has 0 aromatic heterocycles. The van der Waals surface area contributed by atoms with E-state index in [0.29, 0.717) is 25.6 Å². The van der Waals surface area contributed by atoms with E-state index in [-0.39, 0.29) is 42.0 Å². The van der Waals surface area contributed by atoms with E-state index >= 15 is 0 Å². The first-order valence-electron chi connectivity index (χ1n) is 18.4. The van der Waals surface area contributed by atoms with E-state index in [1.165, 1.54) is 24.9 Å². The highest BCUT2D eigenvalue weighted by atomic mass is 16.5. The number of hydrogen-bond donors (Lipinski definition) is 4. The lowest BCUT2D eigenvalue weighted by molar-refractivity contribution is -0.148. The number of hydrogen-bond acceptors (Lipinski definition) is 9. The highest BCUT2D eigenvalue weighted by Gasteiger charge is 2.42. The molecule has 4 amide bonds. The van der Waals surface area contributed by atoms with Crippen molar-refractivity contribution in [1.29, 1.82) is 0 Å². The number of piperidine rings is 1. The van der Waals surface area contributed by atoms with E-state index in [4.69, 9.17) is 9.47 Å². The number of methoxy groups -OCH3 is 2. The van der Waals surface area contributed by atoms with Gasteiger partial charge >= 0.3 is 0 Å². The lowest BCUT2D eigenvalue weighted by Crippen LogP contribution is -2.59. The van der Waals surface area contributed by atoms with Crippen molar-refractivity contribution in [3.05, 3.63) is 0 Å². The SMILES string of the molecule is CC[C@H](C)[C@@H]([C@@H](CC(=O)N1CCC[C@H]1[C@H](OC)[C@@H](C)C(=O)NCCC1CCCCN1)OC)N(C)C(=O)[C@H](CO)NC(=O)[C@H](C(C)C)N(C)C. The number of carbonyl (C=O) groups excluding carboxylic acids is 4. The first-order chi connectivity index (χ1) is 23.2. The Kier molecular flexibility index (Phi) is 18.5. The molecule has 2 rings (SSSR count). The third kappa shape index (κ3) is 11.9. The van der Waals surface area contributed by atoms with E-state index in [9.17, 15) is 24.3 Å². The van der Waals surface area contributed by atoms with Crippen LogP contribution in [0, 0.1) is 17.8 Å². The molecule has 4 N–H and O–H groups in total. The summed E-state index contributed by atoms with van der Waals surface area (Å²) in [5.41, 5.74) is 0. The molecule has 9 atom stereocenters. The molecular weight excluding hydrogens is 628 g/mol.